The number of nitrogens with one attached hydrogen (secondary N) is 1. The molecule has 1 fully saturated rings. The van der Waals surface area contributed by atoms with Gasteiger partial charge in [-0.1, -0.05) is 6.07 Å². The molecule has 0 bridgehead atoms. The van der Waals surface area contributed by atoms with E-state index in [2.05, 4.69) is 34.2 Å². The lowest BCUT2D eigenvalue weighted by Gasteiger charge is -2.37. The molecule has 1 aromatic heterocycles. The van der Waals surface area contributed by atoms with Crippen molar-refractivity contribution in [3.63, 3.8) is 0 Å². The Bertz CT molecular complexity index is 857. The Hall–Kier alpha value is -2.83. The monoisotopic (exact) mass is 370 g/mol. The van der Waals surface area contributed by atoms with Gasteiger partial charge in [-0.25, -0.2) is 9.89 Å². The van der Waals surface area contributed by atoms with Gasteiger partial charge in [0.25, 0.3) is 5.56 Å². The molecular formula is C20H26N4O3. The van der Waals surface area contributed by atoms with Crippen molar-refractivity contribution in [3.05, 3.63) is 46.2 Å². The summed E-state index contributed by atoms with van der Waals surface area (Å²) >= 11 is 0. The number of ether oxygens (including phenoxy) is 1. The van der Waals surface area contributed by atoms with E-state index in [1.165, 1.54) is 6.07 Å². The second-order valence-electron chi connectivity index (χ2n) is 7.76. The first-order valence-electron chi connectivity index (χ1n) is 9.12. The predicted molar refractivity (Wildman–Crippen MR) is 105 cm³/mol. The fraction of sp³-hybridized carbons (Fsp3) is 0.450. The summed E-state index contributed by atoms with van der Waals surface area (Å²) < 4.78 is 5.45. The number of amides is 1. The van der Waals surface area contributed by atoms with Gasteiger partial charge in [-0.2, -0.15) is 5.10 Å². The molecule has 1 N–H and O–H groups in total. The van der Waals surface area contributed by atoms with Crippen LogP contribution in [0.4, 0.5) is 10.5 Å². The van der Waals surface area contributed by atoms with Crippen molar-refractivity contribution in [3.8, 4) is 11.3 Å². The van der Waals surface area contributed by atoms with Gasteiger partial charge in [-0.05, 0) is 51.5 Å². The predicted octanol–water partition coefficient (Wildman–Crippen LogP) is 2.80. The minimum absolute atomic E-state index is 0.213. The molecule has 7 nitrogen and oxygen atoms in total. The van der Waals surface area contributed by atoms with E-state index in [1.54, 1.807) is 11.0 Å². The van der Waals surface area contributed by atoms with Crippen LogP contribution in [0.5, 0.6) is 0 Å². The summed E-state index contributed by atoms with van der Waals surface area (Å²) in [6.07, 6.45) is -0.252. The zero-order valence-corrected chi connectivity index (χ0v) is 16.3. The van der Waals surface area contributed by atoms with Crippen LogP contribution in [0.3, 0.4) is 0 Å². The molecular weight excluding hydrogens is 344 g/mol. The van der Waals surface area contributed by atoms with E-state index in [0.29, 0.717) is 13.1 Å². The Morgan fingerprint density at radius 2 is 1.81 bits per heavy atom. The average molecular weight is 370 g/mol. The SMILES string of the molecule is Cc1cc(-c2ccc(=O)[nH]n2)ccc1N1CCN(C(=O)OC(C)(C)C)CC1. The molecule has 1 aromatic carbocycles. The van der Waals surface area contributed by atoms with Gasteiger partial charge in [0.05, 0.1) is 5.69 Å². The zero-order valence-electron chi connectivity index (χ0n) is 16.3. The maximum absolute atomic E-state index is 12.2. The van der Waals surface area contributed by atoms with Gasteiger partial charge in [-0.15, -0.1) is 0 Å². The van der Waals surface area contributed by atoms with Crippen LogP contribution in [0.2, 0.25) is 0 Å². The van der Waals surface area contributed by atoms with Crippen molar-refractivity contribution in [2.24, 2.45) is 0 Å². The molecule has 0 saturated carbocycles. The van der Waals surface area contributed by atoms with E-state index in [4.69, 9.17) is 4.74 Å². The summed E-state index contributed by atoms with van der Waals surface area (Å²) in [6.45, 7) is 10.5. The third kappa shape index (κ3) is 4.67. The van der Waals surface area contributed by atoms with Gasteiger partial charge in [0.15, 0.2) is 0 Å². The standard InChI is InChI=1S/C20H26N4O3/c1-14-13-15(16-6-8-18(25)22-21-16)5-7-17(14)23-9-11-24(12-10-23)19(26)27-20(2,3)4/h5-8,13H,9-12H2,1-4H3,(H,22,25). The van der Waals surface area contributed by atoms with Crippen LogP contribution in [0.1, 0.15) is 26.3 Å². The number of carbonyl (C=O) groups is 1. The molecule has 1 amide bonds. The van der Waals surface area contributed by atoms with Gasteiger partial charge >= 0.3 is 6.09 Å². The summed E-state index contributed by atoms with van der Waals surface area (Å²) in [7, 11) is 0. The Balaban J connectivity index is 1.67. The number of H-pyrrole nitrogens is 1. The highest BCUT2D eigenvalue weighted by molar-refractivity contribution is 5.69. The Morgan fingerprint density at radius 1 is 1.11 bits per heavy atom. The van der Waals surface area contributed by atoms with Crippen LogP contribution < -0.4 is 10.5 Å². The number of piperazine rings is 1. The number of hydrogen-bond acceptors (Lipinski definition) is 5. The van der Waals surface area contributed by atoms with Crippen molar-refractivity contribution in [1.29, 1.82) is 0 Å². The molecule has 1 aliphatic rings. The van der Waals surface area contributed by atoms with Crippen LogP contribution >= 0.6 is 0 Å². The van der Waals surface area contributed by atoms with E-state index < -0.39 is 5.60 Å². The fourth-order valence-electron chi connectivity index (χ4n) is 3.13. The maximum atomic E-state index is 12.2. The number of aromatic nitrogens is 2. The fourth-order valence-corrected chi connectivity index (χ4v) is 3.13. The highest BCUT2D eigenvalue weighted by atomic mass is 16.6. The number of anilines is 1. The smallest absolute Gasteiger partial charge is 0.410 e. The van der Waals surface area contributed by atoms with Crippen molar-refractivity contribution >= 4 is 11.8 Å². The third-order valence-corrected chi connectivity index (χ3v) is 4.44. The number of nitrogens with zero attached hydrogens (tertiary/aromatic N) is 3. The van der Waals surface area contributed by atoms with Crippen LogP contribution in [-0.2, 0) is 4.74 Å². The summed E-state index contributed by atoms with van der Waals surface area (Å²) in [5.74, 6) is 0. The lowest BCUT2D eigenvalue weighted by atomic mass is 10.1. The summed E-state index contributed by atoms with van der Waals surface area (Å²) in [6, 6.07) is 9.33. The molecule has 2 aromatic rings. The van der Waals surface area contributed by atoms with E-state index in [0.717, 1.165) is 35.6 Å². The van der Waals surface area contributed by atoms with Gasteiger partial charge < -0.3 is 14.5 Å². The number of hydrogen-bond donors (Lipinski definition) is 1. The maximum Gasteiger partial charge on any atom is 0.410 e. The number of carbonyl (C=O) groups excluding carboxylic acids is 1. The molecule has 0 radical (unpaired) electrons. The Labute approximate surface area is 158 Å². The summed E-state index contributed by atoms with van der Waals surface area (Å²) in [5.41, 5.74) is 3.28. The molecule has 27 heavy (non-hydrogen) atoms. The van der Waals surface area contributed by atoms with Crippen molar-refractivity contribution < 1.29 is 9.53 Å². The zero-order chi connectivity index (χ0) is 19.6. The largest absolute Gasteiger partial charge is 0.444 e. The van der Waals surface area contributed by atoms with E-state index in [9.17, 15) is 9.59 Å². The van der Waals surface area contributed by atoms with Crippen molar-refractivity contribution in [2.75, 3.05) is 31.1 Å². The lowest BCUT2D eigenvalue weighted by molar-refractivity contribution is 0.0240. The second-order valence-corrected chi connectivity index (χ2v) is 7.76. The van der Waals surface area contributed by atoms with Gasteiger partial charge in [0.1, 0.15) is 5.60 Å². The molecule has 0 atom stereocenters. The summed E-state index contributed by atoms with van der Waals surface area (Å²) in [5, 5.41) is 6.54. The molecule has 3 rings (SSSR count). The minimum atomic E-state index is -0.476. The minimum Gasteiger partial charge on any atom is -0.444 e. The quantitative estimate of drug-likeness (QED) is 0.879. The van der Waals surface area contributed by atoms with Crippen LogP contribution in [0.25, 0.3) is 11.3 Å². The molecule has 0 aliphatic carbocycles. The molecule has 0 unspecified atom stereocenters. The Kier molecular flexibility index (Phi) is 5.21. The van der Waals surface area contributed by atoms with E-state index in [-0.39, 0.29) is 11.7 Å². The van der Waals surface area contributed by atoms with Gasteiger partial charge in [0, 0.05) is 43.5 Å². The van der Waals surface area contributed by atoms with Gasteiger partial charge in [-0.3, -0.25) is 4.79 Å². The lowest BCUT2D eigenvalue weighted by Crippen LogP contribution is -2.50. The average Bonchev–Trinajstić information content (AvgIpc) is 2.61. The summed E-state index contributed by atoms with van der Waals surface area (Å²) in [4.78, 5) is 27.4. The van der Waals surface area contributed by atoms with Crippen molar-refractivity contribution in [1.82, 2.24) is 15.1 Å². The second kappa shape index (κ2) is 7.42. The molecule has 7 heteroatoms. The first kappa shape index (κ1) is 18.9. The first-order chi connectivity index (χ1) is 12.7. The van der Waals surface area contributed by atoms with Crippen LogP contribution in [0, 0.1) is 6.92 Å². The molecule has 1 saturated heterocycles. The number of benzene rings is 1. The molecule has 144 valence electrons. The topological polar surface area (TPSA) is 78.5 Å². The van der Waals surface area contributed by atoms with Gasteiger partial charge in [0.2, 0.25) is 0 Å². The first-order valence-corrected chi connectivity index (χ1v) is 9.12. The normalized spacial score (nSPS) is 15.0. The molecule has 0 spiro atoms. The third-order valence-electron chi connectivity index (χ3n) is 4.44. The Morgan fingerprint density at radius 3 is 2.37 bits per heavy atom. The van der Waals surface area contributed by atoms with Crippen molar-refractivity contribution in [2.45, 2.75) is 33.3 Å². The van der Waals surface area contributed by atoms with E-state index in [1.807, 2.05) is 26.8 Å². The number of aromatic amines is 1. The van der Waals surface area contributed by atoms with Crippen LogP contribution in [0.15, 0.2) is 35.1 Å². The van der Waals surface area contributed by atoms with E-state index >= 15 is 0 Å². The molecule has 2 heterocycles. The number of rotatable bonds is 2. The molecule has 1 aliphatic heterocycles. The number of aryl methyl sites for hydroxylation is 1. The highest BCUT2D eigenvalue weighted by Gasteiger charge is 2.26. The highest BCUT2D eigenvalue weighted by Crippen LogP contribution is 2.26. The van der Waals surface area contributed by atoms with Crippen LogP contribution in [-0.4, -0.2) is 53.0 Å².